The lowest BCUT2D eigenvalue weighted by molar-refractivity contribution is 0.189. The number of carbonyl (C=O) groups is 1. The number of carboxylic acid groups (broad SMARTS) is 1. The van der Waals surface area contributed by atoms with Gasteiger partial charge in [-0.2, -0.15) is 0 Å². The summed E-state index contributed by atoms with van der Waals surface area (Å²) in [6.45, 7) is -0.0514. The molecule has 7 nitrogen and oxygen atoms in total. The lowest BCUT2D eigenvalue weighted by atomic mass is 10.0. The fourth-order valence-corrected chi connectivity index (χ4v) is 2.10. The van der Waals surface area contributed by atoms with Gasteiger partial charge in [0.25, 0.3) is 0 Å². The number of benzene rings is 1. The second kappa shape index (κ2) is 7.46. The van der Waals surface area contributed by atoms with Gasteiger partial charge in [0.1, 0.15) is 17.2 Å². The van der Waals surface area contributed by atoms with Crippen LogP contribution in [0.25, 0.3) is 0 Å². The van der Waals surface area contributed by atoms with Crippen molar-refractivity contribution in [3.63, 3.8) is 0 Å². The van der Waals surface area contributed by atoms with E-state index in [4.69, 9.17) is 19.5 Å². The summed E-state index contributed by atoms with van der Waals surface area (Å²) in [6, 6.07) is 8.48. The molecule has 0 radical (unpaired) electrons. The van der Waals surface area contributed by atoms with E-state index in [1.54, 1.807) is 13.2 Å². The minimum atomic E-state index is -1.13. The van der Waals surface area contributed by atoms with Crippen LogP contribution in [-0.2, 0) is 12.8 Å². The topological polar surface area (TPSA) is 105 Å². The summed E-state index contributed by atoms with van der Waals surface area (Å²) in [5.74, 6) is 1.25. The van der Waals surface area contributed by atoms with Gasteiger partial charge < -0.3 is 24.8 Å². The summed E-state index contributed by atoms with van der Waals surface area (Å²) in [5, 5.41) is 24.2. The first-order valence-corrected chi connectivity index (χ1v) is 6.81. The Morgan fingerprint density at radius 1 is 1.41 bits per heavy atom. The molecule has 1 heterocycles. The Balaban J connectivity index is 2.15. The summed E-state index contributed by atoms with van der Waals surface area (Å²) in [6.07, 6.45) is -0.360. The van der Waals surface area contributed by atoms with E-state index in [9.17, 15) is 4.79 Å². The molecular weight excluding hydrogens is 288 g/mol. The van der Waals surface area contributed by atoms with Gasteiger partial charge in [0.05, 0.1) is 19.8 Å². The predicted molar refractivity (Wildman–Crippen MR) is 77.9 cm³/mol. The highest BCUT2D eigenvalue weighted by atomic mass is 16.5. The molecule has 7 heteroatoms. The van der Waals surface area contributed by atoms with Crippen molar-refractivity contribution >= 4 is 6.09 Å². The molecule has 0 aliphatic rings. The molecular formula is C15H18N2O5. The third-order valence-corrected chi connectivity index (χ3v) is 3.19. The average molecular weight is 306 g/mol. The Morgan fingerprint density at radius 2 is 2.14 bits per heavy atom. The van der Waals surface area contributed by atoms with Gasteiger partial charge in [-0.05, 0) is 24.1 Å². The number of ether oxygens (including phenoxy) is 1. The standard InChI is InChI=1S/C15H18N2O5/c1-21-11-4-2-10(3-5-11)8-13(16-15(19)20)14-9-12(6-7-18)22-17-14/h2-5,9,13,16,18H,6-8H2,1H3,(H,19,20). The highest BCUT2D eigenvalue weighted by Gasteiger charge is 2.19. The zero-order valence-corrected chi connectivity index (χ0v) is 12.2. The van der Waals surface area contributed by atoms with Crippen LogP contribution in [0.1, 0.15) is 23.1 Å². The van der Waals surface area contributed by atoms with Crippen molar-refractivity contribution in [3.8, 4) is 5.75 Å². The van der Waals surface area contributed by atoms with Crippen LogP contribution in [0.4, 0.5) is 4.79 Å². The molecule has 0 saturated carbocycles. The molecule has 0 saturated heterocycles. The number of nitrogens with one attached hydrogen (secondary N) is 1. The van der Waals surface area contributed by atoms with Crippen molar-refractivity contribution in [2.75, 3.05) is 13.7 Å². The molecule has 0 aliphatic heterocycles. The Morgan fingerprint density at radius 3 is 2.73 bits per heavy atom. The van der Waals surface area contributed by atoms with E-state index in [0.29, 0.717) is 24.3 Å². The zero-order valence-electron chi connectivity index (χ0n) is 12.2. The lowest BCUT2D eigenvalue weighted by Crippen LogP contribution is -2.28. The van der Waals surface area contributed by atoms with Crippen LogP contribution in [0.5, 0.6) is 5.75 Å². The smallest absolute Gasteiger partial charge is 0.405 e. The molecule has 0 spiro atoms. The summed E-state index contributed by atoms with van der Waals surface area (Å²) in [4.78, 5) is 11.0. The maximum absolute atomic E-state index is 11.0. The zero-order chi connectivity index (χ0) is 15.9. The first-order valence-electron chi connectivity index (χ1n) is 6.81. The fraction of sp³-hybridized carbons (Fsp3) is 0.333. The van der Waals surface area contributed by atoms with E-state index >= 15 is 0 Å². The predicted octanol–water partition coefficient (Wildman–Crippen LogP) is 1.77. The Labute approximate surface area is 127 Å². The number of aliphatic hydroxyl groups is 1. The number of methoxy groups -OCH3 is 1. The Bertz CT molecular complexity index is 609. The van der Waals surface area contributed by atoms with Crippen LogP contribution in [0.15, 0.2) is 34.9 Å². The molecule has 2 rings (SSSR count). The highest BCUT2D eigenvalue weighted by molar-refractivity contribution is 5.65. The number of hydrogen-bond donors (Lipinski definition) is 3. The van der Waals surface area contributed by atoms with Gasteiger partial charge in [-0.1, -0.05) is 17.3 Å². The van der Waals surface area contributed by atoms with E-state index < -0.39 is 12.1 Å². The van der Waals surface area contributed by atoms with Crippen molar-refractivity contribution < 1.29 is 24.3 Å². The van der Waals surface area contributed by atoms with Crippen molar-refractivity contribution in [1.82, 2.24) is 10.5 Å². The summed E-state index contributed by atoms with van der Waals surface area (Å²) in [7, 11) is 1.59. The van der Waals surface area contributed by atoms with Crippen LogP contribution < -0.4 is 10.1 Å². The number of aromatic nitrogens is 1. The Hall–Kier alpha value is -2.54. The molecule has 0 aliphatic carbocycles. The molecule has 1 unspecified atom stereocenters. The molecule has 0 fully saturated rings. The monoisotopic (exact) mass is 306 g/mol. The van der Waals surface area contributed by atoms with Gasteiger partial charge in [0.15, 0.2) is 0 Å². The van der Waals surface area contributed by atoms with Crippen LogP contribution in [0.3, 0.4) is 0 Å². The quantitative estimate of drug-likeness (QED) is 0.720. The number of hydrogen-bond acceptors (Lipinski definition) is 5. The molecule has 3 N–H and O–H groups in total. The van der Waals surface area contributed by atoms with Gasteiger partial charge in [-0.3, -0.25) is 0 Å². The molecule has 1 atom stereocenters. The summed E-state index contributed by atoms with van der Waals surface area (Å²) < 4.78 is 10.2. The fourth-order valence-electron chi connectivity index (χ4n) is 2.10. The summed E-state index contributed by atoms with van der Waals surface area (Å²) in [5.41, 5.74) is 1.42. The number of nitrogens with zero attached hydrogens (tertiary/aromatic N) is 1. The van der Waals surface area contributed by atoms with Gasteiger partial charge in [-0.25, -0.2) is 4.79 Å². The third kappa shape index (κ3) is 4.23. The largest absolute Gasteiger partial charge is 0.497 e. The van der Waals surface area contributed by atoms with Gasteiger partial charge in [-0.15, -0.1) is 0 Å². The maximum atomic E-state index is 11.0. The first-order chi connectivity index (χ1) is 10.6. The van der Waals surface area contributed by atoms with Gasteiger partial charge in [0, 0.05) is 12.5 Å². The average Bonchev–Trinajstić information content (AvgIpc) is 2.96. The minimum absolute atomic E-state index is 0.0514. The van der Waals surface area contributed by atoms with Crippen molar-refractivity contribution in [2.45, 2.75) is 18.9 Å². The SMILES string of the molecule is COc1ccc(CC(NC(=O)O)c2cc(CCO)on2)cc1. The van der Waals surface area contributed by atoms with Gasteiger partial charge >= 0.3 is 6.09 Å². The number of aliphatic hydroxyl groups excluding tert-OH is 1. The number of rotatable bonds is 7. The molecule has 22 heavy (non-hydrogen) atoms. The molecule has 2 aromatic rings. The normalized spacial score (nSPS) is 11.9. The van der Waals surface area contributed by atoms with Crippen molar-refractivity contribution in [2.24, 2.45) is 0 Å². The second-order valence-electron chi connectivity index (χ2n) is 4.75. The van der Waals surface area contributed by atoms with E-state index in [1.807, 2.05) is 24.3 Å². The van der Waals surface area contributed by atoms with Gasteiger partial charge in [0.2, 0.25) is 0 Å². The maximum Gasteiger partial charge on any atom is 0.405 e. The molecule has 1 aromatic carbocycles. The molecule has 118 valence electrons. The highest BCUT2D eigenvalue weighted by Crippen LogP contribution is 2.20. The van der Waals surface area contributed by atoms with Crippen LogP contribution in [-0.4, -0.2) is 35.2 Å². The van der Waals surface area contributed by atoms with Crippen molar-refractivity contribution in [1.29, 1.82) is 0 Å². The molecule has 0 bridgehead atoms. The van der Waals surface area contributed by atoms with E-state index in [0.717, 1.165) is 11.3 Å². The van der Waals surface area contributed by atoms with E-state index in [1.165, 1.54) is 0 Å². The van der Waals surface area contributed by atoms with E-state index in [-0.39, 0.29) is 6.61 Å². The lowest BCUT2D eigenvalue weighted by Gasteiger charge is -2.14. The minimum Gasteiger partial charge on any atom is -0.497 e. The van der Waals surface area contributed by atoms with E-state index in [2.05, 4.69) is 10.5 Å². The summed E-state index contributed by atoms with van der Waals surface area (Å²) >= 11 is 0. The second-order valence-corrected chi connectivity index (χ2v) is 4.75. The van der Waals surface area contributed by atoms with Crippen LogP contribution in [0, 0.1) is 0 Å². The first kappa shape index (κ1) is 15.8. The molecule has 1 amide bonds. The van der Waals surface area contributed by atoms with Crippen molar-refractivity contribution in [3.05, 3.63) is 47.3 Å². The van der Waals surface area contributed by atoms with Crippen LogP contribution in [0.2, 0.25) is 0 Å². The molecule has 1 aromatic heterocycles. The number of amides is 1. The third-order valence-electron chi connectivity index (χ3n) is 3.19. The Kier molecular flexibility index (Phi) is 5.37. The van der Waals surface area contributed by atoms with Crippen LogP contribution >= 0.6 is 0 Å².